The molecule has 2 rings (SSSR count). The first-order valence-corrected chi connectivity index (χ1v) is 13.0. The van der Waals surface area contributed by atoms with Crippen LogP contribution in [0.25, 0.3) is 0 Å². The maximum Gasteiger partial charge on any atom is 0.326 e. The highest BCUT2D eigenvalue weighted by Crippen LogP contribution is 2.21. The molecule has 3 amide bonds. The number of aromatic hydroxyl groups is 1. The van der Waals surface area contributed by atoms with Crippen molar-refractivity contribution in [2.24, 2.45) is 17.4 Å². The van der Waals surface area contributed by atoms with E-state index in [1.807, 2.05) is 6.92 Å². The molecule has 37 heavy (non-hydrogen) atoms. The Morgan fingerprint density at radius 2 is 1.81 bits per heavy atom. The van der Waals surface area contributed by atoms with Crippen LogP contribution in [0, 0.1) is 5.92 Å². The number of carbonyl (C=O) groups is 4. The molecule has 1 aromatic rings. The summed E-state index contributed by atoms with van der Waals surface area (Å²) in [6.07, 6.45) is 3.33. The number of aliphatic carboxylic acids is 1. The number of hydrogen-bond donors (Lipinski definition) is 6. The molecule has 0 spiro atoms. The highest BCUT2D eigenvalue weighted by Gasteiger charge is 2.38. The third kappa shape index (κ3) is 8.71. The first kappa shape index (κ1) is 30.0. The smallest absolute Gasteiger partial charge is 0.326 e. The van der Waals surface area contributed by atoms with E-state index in [4.69, 9.17) is 11.5 Å². The normalized spacial score (nSPS) is 18.5. The maximum absolute atomic E-state index is 13.3. The van der Waals surface area contributed by atoms with E-state index in [-0.39, 0.29) is 30.4 Å². The Kier molecular flexibility index (Phi) is 11.8. The SMILES string of the molecule is CCC(C)C(NC(=O)C1CCCN1C(=O)C(N)Cc1ccc(O)cc1)C(=O)NC(CCCCN)C(=O)O. The van der Waals surface area contributed by atoms with Crippen molar-refractivity contribution in [2.45, 2.75) is 83.0 Å². The quantitative estimate of drug-likeness (QED) is 0.191. The van der Waals surface area contributed by atoms with E-state index in [0.29, 0.717) is 45.2 Å². The molecule has 0 saturated carbocycles. The Morgan fingerprint density at radius 3 is 2.41 bits per heavy atom. The molecular weight excluding hydrogens is 478 g/mol. The van der Waals surface area contributed by atoms with E-state index in [0.717, 1.165) is 5.56 Å². The van der Waals surface area contributed by atoms with Gasteiger partial charge in [-0.25, -0.2) is 4.79 Å². The number of likely N-dealkylation sites (tertiary alicyclic amines) is 1. The summed E-state index contributed by atoms with van der Waals surface area (Å²) in [5, 5.41) is 24.3. The number of nitrogens with two attached hydrogens (primary N) is 2. The monoisotopic (exact) mass is 519 g/mol. The Bertz CT molecular complexity index is 925. The van der Waals surface area contributed by atoms with E-state index in [1.54, 1.807) is 19.1 Å². The third-order valence-electron chi connectivity index (χ3n) is 6.90. The first-order chi connectivity index (χ1) is 17.6. The summed E-state index contributed by atoms with van der Waals surface area (Å²) in [7, 11) is 0. The lowest BCUT2D eigenvalue weighted by molar-refractivity contribution is -0.143. The second-order valence-corrected chi connectivity index (χ2v) is 9.72. The number of nitrogens with zero attached hydrogens (tertiary/aromatic N) is 1. The lowest BCUT2D eigenvalue weighted by atomic mass is 9.97. The number of nitrogens with one attached hydrogen (secondary N) is 2. The van der Waals surface area contributed by atoms with Gasteiger partial charge in [-0.05, 0) is 68.7 Å². The molecule has 11 nitrogen and oxygen atoms in total. The number of carboxylic acids is 1. The summed E-state index contributed by atoms with van der Waals surface area (Å²) < 4.78 is 0. The van der Waals surface area contributed by atoms with Crippen LogP contribution in [0.15, 0.2) is 24.3 Å². The molecule has 1 aliphatic heterocycles. The fourth-order valence-electron chi connectivity index (χ4n) is 4.45. The van der Waals surface area contributed by atoms with Gasteiger partial charge < -0.3 is 37.2 Å². The van der Waals surface area contributed by atoms with E-state index in [2.05, 4.69) is 10.6 Å². The van der Waals surface area contributed by atoms with Crippen LogP contribution in [0.1, 0.15) is 57.9 Å². The summed E-state index contributed by atoms with van der Waals surface area (Å²) in [6, 6.07) is 2.76. The number of rotatable bonds is 14. The second kappa shape index (κ2) is 14.5. The molecule has 0 aliphatic carbocycles. The van der Waals surface area contributed by atoms with Gasteiger partial charge >= 0.3 is 5.97 Å². The molecule has 1 aromatic carbocycles. The predicted octanol–water partition coefficient (Wildman–Crippen LogP) is 0.482. The molecule has 0 bridgehead atoms. The van der Waals surface area contributed by atoms with Crippen molar-refractivity contribution in [1.29, 1.82) is 0 Å². The zero-order valence-electron chi connectivity index (χ0n) is 21.7. The van der Waals surface area contributed by atoms with Gasteiger partial charge in [0.05, 0.1) is 6.04 Å². The van der Waals surface area contributed by atoms with Gasteiger partial charge in [0, 0.05) is 6.54 Å². The fourth-order valence-corrected chi connectivity index (χ4v) is 4.45. The zero-order chi connectivity index (χ0) is 27.5. The Balaban J connectivity index is 2.07. The van der Waals surface area contributed by atoms with Gasteiger partial charge in [0.15, 0.2) is 0 Å². The average Bonchev–Trinajstić information content (AvgIpc) is 3.37. The molecule has 1 aliphatic rings. The van der Waals surface area contributed by atoms with Gasteiger partial charge in [0.2, 0.25) is 17.7 Å². The number of carbonyl (C=O) groups excluding carboxylic acids is 3. The lowest BCUT2D eigenvalue weighted by Crippen LogP contribution is -2.58. The van der Waals surface area contributed by atoms with Gasteiger partial charge in [-0.2, -0.15) is 0 Å². The third-order valence-corrected chi connectivity index (χ3v) is 6.90. The van der Waals surface area contributed by atoms with Gasteiger partial charge in [-0.15, -0.1) is 0 Å². The van der Waals surface area contributed by atoms with Crippen LogP contribution in [0.2, 0.25) is 0 Å². The van der Waals surface area contributed by atoms with Gasteiger partial charge in [-0.3, -0.25) is 14.4 Å². The van der Waals surface area contributed by atoms with Crippen molar-refractivity contribution in [3.05, 3.63) is 29.8 Å². The highest BCUT2D eigenvalue weighted by molar-refractivity contribution is 5.94. The zero-order valence-corrected chi connectivity index (χ0v) is 21.7. The van der Waals surface area contributed by atoms with Gasteiger partial charge in [-0.1, -0.05) is 32.4 Å². The van der Waals surface area contributed by atoms with Crippen LogP contribution in [0.3, 0.4) is 0 Å². The van der Waals surface area contributed by atoms with Crippen LogP contribution in [-0.4, -0.2) is 76.1 Å². The number of phenolic OH excluding ortho intramolecular Hbond substituents is 1. The van der Waals surface area contributed by atoms with Crippen LogP contribution < -0.4 is 22.1 Å². The number of phenols is 1. The van der Waals surface area contributed by atoms with Crippen LogP contribution in [0.5, 0.6) is 5.75 Å². The summed E-state index contributed by atoms with van der Waals surface area (Å²) in [5.74, 6) is -2.67. The van der Waals surface area contributed by atoms with Gasteiger partial charge in [0.25, 0.3) is 0 Å². The van der Waals surface area contributed by atoms with E-state index < -0.39 is 42.0 Å². The molecule has 1 saturated heterocycles. The molecule has 1 fully saturated rings. The Labute approximate surface area is 217 Å². The van der Waals surface area contributed by atoms with Crippen LogP contribution in [-0.2, 0) is 25.6 Å². The summed E-state index contributed by atoms with van der Waals surface area (Å²) in [5.41, 5.74) is 12.4. The van der Waals surface area contributed by atoms with Crippen LogP contribution in [0.4, 0.5) is 0 Å². The first-order valence-electron chi connectivity index (χ1n) is 13.0. The highest BCUT2D eigenvalue weighted by atomic mass is 16.4. The van der Waals surface area contributed by atoms with E-state index in [1.165, 1.54) is 17.0 Å². The van der Waals surface area contributed by atoms with E-state index in [9.17, 15) is 29.4 Å². The number of carboxylic acid groups (broad SMARTS) is 1. The van der Waals surface area contributed by atoms with Crippen LogP contribution >= 0.6 is 0 Å². The van der Waals surface area contributed by atoms with Crippen molar-refractivity contribution in [1.82, 2.24) is 15.5 Å². The largest absolute Gasteiger partial charge is 0.508 e. The van der Waals surface area contributed by atoms with E-state index >= 15 is 0 Å². The summed E-state index contributed by atoms with van der Waals surface area (Å²) in [6.45, 7) is 4.49. The van der Waals surface area contributed by atoms with Crippen molar-refractivity contribution in [2.75, 3.05) is 13.1 Å². The van der Waals surface area contributed by atoms with Crippen molar-refractivity contribution < 1.29 is 29.4 Å². The minimum absolute atomic E-state index is 0.116. The van der Waals surface area contributed by atoms with Crippen molar-refractivity contribution in [3.8, 4) is 5.75 Å². The Morgan fingerprint density at radius 1 is 1.14 bits per heavy atom. The molecule has 0 radical (unpaired) electrons. The minimum Gasteiger partial charge on any atom is -0.508 e. The second-order valence-electron chi connectivity index (χ2n) is 9.72. The topological polar surface area (TPSA) is 188 Å². The molecule has 8 N–H and O–H groups in total. The fraction of sp³-hybridized carbons (Fsp3) is 0.615. The average molecular weight is 520 g/mol. The maximum atomic E-state index is 13.3. The Hall–Kier alpha value is -3.18. The molecule has 206 valence electrons. The predicted molar refractivity (Wildman–Crippen MR) is 138 cm³/mol. The van der Waals surface area contributed by atoms with Crippen molar-refractivity contribution in [3.63, 3.8) is 0 Å². The van der Waals surface area contributed by atoms with Crippen molar-refractivity contribution >= 4 is 23.7 Å². The molecule has 11 heteroatoms. The number of benzene rings is 1. The molecular formula is C26H41N5O6. The minimum atomic E-state index is -1.14. The standard InChI is InChI=1S/C26H41N5O6/c1-3-16(2)22(24(34)29-20(26(36)37)7-4-5-13-27)30-23(33)21-8-6-14-31(21)25(35)19(28)15-17-9-11-18(32)12-10-17/h9-12,16,19-22,32H,3-8,13-15,27-28H2,1-2H3,(H,29,34)(H,30,33)(H,36,37). The number of hydrogen-bond acceptors (Lipinski definition) is 7. The number of amides is 3. The number of unbranched alkanes of at least 4 members (excludes halogenated alkanes) is 1. The van der Waals surface area contributed by atoms with Gasteiger partial charge in [0.1, 0.15) is 23.9 Å². The summed E-state index contributed by atoms with van der Waals surface area (Å²) in [4.78, 5) is 52.5. The molecule has 5 unspecified atom stereocenters. The molecule has 5 atom stereocenters. The molecule has 1 heterocycles. The molecule has 0 aromatic heterocycles. The lowest BCUT2D eigenvalue weighted by Gasteiger charge is -2.30. The summed E-state index contributed by atoms with van der Waals surface area (Å²) >= 11 is 0.